The molecule has 0 saturated heterocycles. The number of fused-ring (bicyclic) bond motifs is 1. The molecule has 3 rings (SSSR count). The Hall–Kier alpha value is -2.54. The topological polar surface area (TPSA) is 76.5 Å². The van der Waals surface area contributed by atoms with Gasteiger partial charge in [0.1, 0.15) is 11.4 Å². The first-order chi connectivity index (χ1) is 11.5. The van der Waals surface area contributed by atoms with Gasteiger partial charge < -0.3 is 19.5 Å². The van der Waals surface area contributed by atoms with Crippen molar-refractivity contribution in [2.45, 2.75) is 13.5 Å². The fourth-order valence-electron chi connectivity index (χ4n) is 2.58. The number of amides is 2. The van der Waals surface area contributed by atoms with E-state index >= 15 is 0 Å². The van der Waals surface area contributed by atoms with E-state index in [0.717, 1.165) is 0 Å². The van der Waals surface area contributed by atoms with Crippen molar-refractivity contribution in [1.29, 1.82) is 0 Å². The number of aromatic nitrogens is 2. The normalized spacial score (nSPS) is 13.6. The highest BCUT2D eigenvalue weighted by molar-refractivity contribution is 6.32. The van der Waals surface area contributed by atoms with E-state index in [1.807, 2.05) is 6.92 Å². The van der Waals surface area contributed by atoms with Gasteiger partial charge in [-0.15, -0.1) is 0 Å². The fourth-order valence-corrected chi connectivity index (χ4v) is 2.84. The molecular formula is C16H17ClN4O3. The zero-order valence-electron chi connectivity index (χ0n) is 13.4. The number of hydrogen-bond acceptors (Lipinski definition) is 4. The molecule has 0 saturated carbocycles. The van der Waals surface area contributed by atoms with Crippen molar-refractivity contribution in [3.8, 4) is 5.75 Å². The van der Waals surface area contributed by atoms with Gasteiger partial charge in [-0.2, -0.15) is 0 Å². The first-order valence-corrected chi connectivity index (χ1v) is 7.92. The number of halogens is 1. The van der Waals surface area contributed by atoms with Gasteiger partial charge in [0.05, 0.1) is 12.1 Å². The molecule has 126 valence electrons. The molecule has 24 heavy (non-hydrogen) atoms. The summed E-state index contributed by atoms with van der Waals surface area (Å²) in [7, 11) is 1.52. The number of hydrogen-bond donors (Lipinski definition) is 1. The molecule has 0 atom stereocenters. The molecular weight excluding hydrogens is 332 g/mol. The third-order valence-corrected chi connectivity index (χ3v) is 4.19. The van der Waals surface area contributed by atoms with Gasteiger partial charge in [-0.25, -0.2) is 4.98 Å². The van der Waals surface area contributed by atoms with Crippen molar-refractivity contribution >= 4 is 29.1 Å². The van der Waals surface area contributed by atoms with Gasteiger partial charge in [0.15, 0.2) is 5.82 Å². The molecule has 7 nitrogen and oxygen atoms in total. The Morgan fingerprint density at radius 2 is 2.21 bits per heavy atom. The molecule has 1 aromatic carbocycles. The van der Waals surface area contributed by atoms with E-state index in [9.17, 15) is 9.59 Å². The molecule has 0 bridgehead atoms. The molecule has 8 heteroatoms. The third kappa shape index (κ3) is 2.94. The maximum Gasteiger partial charge on any atom is 0.289 e. The average molecular weight is 349 g/mol. The number of nitrogens with one attached hydrogen (secondary N) is 1. The van der Waals surface area contributed by atoms with E-state index in [2.05, 4.69) is 10.3 Å². The minimum absolute atomic E-state index is 0.157. The van der Waals surface area contributed by atoms with Crippen molar-refractivity contribution in [3.05, 3.63) is 40.9 Å². The van der Waals surface area contributed by atoms with Crippen LogP contribution in [0, 0.1) is 0 Å². The lowest BCUT2D eigenvalue weighted by atomic mass is 10.3. The lowest BCUT2D eigenvalue weighted by Crippen LogP contribution is -2.40. The molecule has 2 aromatic rings. The molecule has 0 radical (unpaired) electrons. The van der Waals surface area contributed by atoms with Gasteiger partial charge in [-0.05, 0) is 25.1 Å². The van der Waals surface area contributed by atoms with E-state index in [0.29, 0.717) is 41.9 Å². The van der Waals surface area contributed by atoms with Crippen LogP contribution in [0.2, 0.25) is 5.02 Å². The van der Waals surface area contributed by atoms with Gasteiger partial charge in [-0.3, -0.25) is 9.59 Å². The first kappa shape index (κ1) is 16.3. The van der Waals surface area contributed by atoms with Crippen molar-refractivity contribution in [1.82, 2.24) is 14.5 Å². The Bertz CT molecular complexity index is 803. The first-order valence-electron chi connectivity index (χ1n) is 7.54. The standard InChI is InChI=1S/C16H17ClN4O3/c1-3-20-6-7-21-9-12(19-14(21)16(20)23)15(22)18-10-4-5-13(24-2)11(17)8-10/h4-5,8-9H,3,6-7H2,1-2H3,(H,18,22). The Kier molecular flexibility index (Phi) is 4.44. The van der Waals surface area contributed by atoms with Gasteiger partial charge in [0.25, 0.3) is 11.8 Å². The molecule has 1 N–H and O–H groups in total. The summed E-state index contributed by atoms with van der Waals surface area (Å²) in [5.74, 6) is 0.266. The van der Waals surface area contributed by atoms with Crippen LogP contribution in [0.15, 0.2) is 24.4 Å². The van der Waals surface area contributed by atoms with E-state index < -0.39 is 5.91 Å². The van der Waals surface area contributed by atoms with E-state index in [-0.39, 0.29) is 11.6 Å². The molecule has 1 aliphatic heterocycles. The number of carbonyl (C=O) groups is 2. The number of likely N-dealkylation sites (N-methyl/N-ethyl adjacent to an activating group) is 1. The predicted molar refractivity (Wildman–Crippen MR) is 89.8 cm³/mol. The summed E-state index contributed by atoms with van der Waals surface area (Å²) in [6.07, 6.45) is 1.60. The third-order valence-electron chi connectivity index (χ3n) is 3.89. The highest BCUT2D eigenvalue weighted by Gasteiger charge is 2.27. The Labute approximate surface area is 144 Å². The lowest BCUT2D eigenvalue weighted by molar-refractivity contribution is 0.0707. The van der Waals surface area contributed by atoms with Crippen molar-refractivity contribution in [2.24, 2.45) is 0 Å². The number of anilines is 1. The van der Waals surface area contributed by atoms with Crippen LogP contribution in [-0.4, -0.2) is 46.5 Å². The lowest BCUT2D eigenvalue weighted by Gasteiger charge is -2.25. The highest BCUT2D eigenvalue weighted by Crippen LogP contribution is 2.27. The largest absolute Gasteiger partial charge is 0.495 e. The fraction of sp³-hybridized carbons (Fsp3) is 0.312. The van der Waals surface area contributed by atoms with Crippen LogP contribution in [-0.2, 0) is 6.54 Å². The van der Waals surface area contributed by atoms with Crippen LogP contribution in [0.25, 0.3) is 0 Å². The van der Waals surface area contributed by atoms with Crippen LogP contribution >= 0.6 is 11.6 Å². The molecule has 0 aliphatic carbocycles. The van der Waals surface area contributed by atoms with Gasteiger partial charge in [0.2, 0.25) is 0 Å². The number of benzene rings is 1. The van der Waals surface area contributed by atoms with Crippen LogP contribution in [0.4, 0.5) is 5.69 Å². The highest BCUT2D eigenvalue weighted by atomic mass is 35.5. The summed E-state index contributed by atoms with van der Waals surface area (Å²) >= 11 is 6.05. The number of ether oxygens (including phenoxy) is 1. The summed E-state index contributed by atoms with van der Waals surface area (Å²) in [6.45, 7) is 3.78. The molecule has 0 unspecified atom stereocenters. The van der Waals surface area contributed by atoms with Gasteiger partial charge >= 0.3 is 0 Å². The van der Waals surface area contributed by atoms with Gasteiger partial charge in [0, 0.05) is 31.5 Å². The second kappa shape index (κ2) is 6.52. The predicted octanol–water partition coefficient (Wildman–Crippen LogP) is 2.27. The van der Waals surface area contributed by atoms with Crippen LogP contribution in [0.1, 0.15) is 28.0 Å². The Morgan fingerprint density at radius 1 is 1.42 bits per heavy atom. The number of imidazole rings is 1. The summed E-state index contributed by atoms with van der Waals surface area (Å²) in [6, 6.07) is 4.94. The van der Waals surface area contributed by atoms with Crippen LogP contribution in [0.3, 0.4) is 0 Å². The smallest absolute Gasteiger partial charge is 0.289 e. The van der Waals surface area contributed by atoms with Gasteiger partial charge in [-0.1, -0.05) is 11.6 Å². The minimum atomic E-state index is -0.394. The molecule has 1 aromatic heterocycles. The van der Waals surface area contributed by atoms with Crippen molar-refractivity contribution < 1.29 is 14.3 Å². The zero-order chi connectivity index (χ0) is 17.3. The molecule has 0 fully saturated rings. The average Bonchev–Trinajstić information content (AvgIpc) is 3.01. The van der Waals surface area contributed by atoms with Crippen molar-refractivity contribution in [3.63, 3.8) is 0 Å². The number of carbonyl (C=O) groups excluding carboxylic acids is 2. The molecule has 2 amide bonds. The van der Waals surface area contributed by atoms with E-state index in [4.69, 9.17) is 16.3 Å². The molecule has 2 heterocycles. The maximum atomic E-state index is 12.4. The molecule has 0 spiro atoms. The Balaban J connectivity index is 1.79. The monoisotopic (exact) mass is 348 g/mol. The zero-order valence-corrected chi connectivity index (χ0v) is 14.1. The van der Waals surface area contributed by atoms with E-state index in [1.54, 1.807) is 33.9 Å². The summed E-state index contributed by atoms with van der Waals surface area (Å²) in [4.78, 5) is 30.5. The summed E-state index contributed by atoms with van der Waals surface area (Å²) in [5, 5.41) is 3.12. The van der Waals surface area contributed by atoms with Crippen molar-refractivity contribution in [2.75, 3.05) is 25.5 Å². The minimum Gasteiger partial charge on any atom is -0.495 e. The number of methoxy groups -OCH3 is 1. The van der Waals surface area contributed by atoms with Crippen LogP contribution in [0.5, 0.6) is 5.75 Å². The maximum absolute atomic E-state index is 12.4. The quantitative estimate of drug-likeness (QED) is 0.919. The summed E-state index contributed by atoms with van der Waals surface area (Å²) < 4.78 is 6.79. The number of rotatable bonds is 4. The second-order valence-corrected chi connectivity index (χ2v) is 5.74. The molecule has 1 aliphatic rings. The SMILES string of the molecule is CCN1CCn2cc(C(=O)Nc3ccc(OC)c(Cl)c3)nc2C1=O. The summed E-state index contributed by atoms with van der Waals surface area (Å²) in [5.41, 5.74) is 0.724. The van der Waals surface area contributed by atoms with E-state index in [1.165, 1.54) is 7.11 Å². The Morgan fingerprint density at radius 3 is 2.88 bits per heavy atom. The second-order valence-electron chi connectivity index (χ2n) is 5.33. The van der Waals surface area contributed by atoms with Crippen LogP contribution < -0.4 is 10.1 Å². The number of nitrogens with zero attached hydrogens (tertiary/aromatic N) is 3.